The lowest BCUT2D eigenvalue weighted by molar-refractivity contribution is -0.132. The zero-order chi connectivity index (χ0) is 23.1. The first-order chi connectivity index (χ1) is 14.9. The fourth-order valence-corrected chi connectivity index (χ4v) is 9.19. The molecular formula is C28H46N2O2. The van der Waals surface area contributed by atoms with Gasteiger partial charge < -0.3 is 10.6 Å². The van der Waals surface area contributed by atoms with Gasteiger partial charge in [-0.2, -0.15) is 0 Å². The molecule has 4 nitrogen and oxygen atoms in total. The summed E-state index contributed by atoms with van der Waals surface area (Å²) >= 11 is 0. The van der Waals surface area contributed by atoms with E-state index in [4.69, 9.17) is 0 Å². The molecule has 4 heteroatoms. The summed E-state index contributed by atoms with van der Waals surface area (Å²) in [5.74, 6) is 2.35. The van der Waals surface area contributed by atoms with Crippen molar-refractivity contribution in [3.63, 3.8) is 0 Å². The van der Waals surface area contributed by atoms with Gasteiger partial charge >= 0.3 is 0 Å². The molecule has 0 saturated heterocycles. The van der Waals surface area contributed by atoms with Gasteiger partial charge in [-0.25, -0.2) is 0 Å². The Bertz CT molecular complexity index is 729. The fourth-order valence-electron chi connectivity index (χ4n) is 9.19. The topological polar surface area (TPSA) is 58.2 Å². The van der Waals surface area contributed by atoms with Crippen LogP contribution in [0.2, 0.25) is 0 Å². The van der Waals surface area contributed by atoms with Crippen LogP contribution in [-0.4, -0.2) is 23.9 Å². The van der Waals surface area contributed by atoms with Crippen LogP contribution in [0.15, 0.2) is 0 Å². The normalized spacial score (nSPS) is 48.1. The molecule has 180 valence electrons. The van der Waals surface area contributed by atoms with E-state index in [2.05, 4.69) is 52.2 Å². The Labute approximate surface area is 195 Å². The highest BCUT2D eigenvalue weighted by Gasteiger charge is 2.64. The van der Waals surface area contributed by atoms with Crippen LogP contribution >= 0.6 is 0 Å². The monoisotopic (exact) mass is 442 g/mol. The molecule has 5 saturated carbocycles. The molecule has 6 unspecified atom stereocenters. The Hall–Kier alpha value is -1.06. The highest BCUT2D eigenvalue weighted by molar-refractivity contribution is 5.81. The van der Waals surface area contributed by atoms with Gasteiger partial charge in [0.05, 0.1) is 0 Å². The number of carbonyl (C=O) groups is 2. The number of hydrogen-bond donors (Lipinski definition) is 2. The SMILES string of the molecule is CC1(C)C2CCC1(C)C(C(=O)NC1CCC(NC(=O)C3CC4CCC3(C)C4(C)C)CC1)C2. The Balaban J connectivity index is 1.12. The van der Waals surface area contributed by atoms with Gasteiger partial charge in [-0.05, 0) is 97.7 Å². The van der Waals surface area contributed by atoms with E-state index in [9.17, 15) is 9.59 Å². The first-order valence-electron chi connectivity index (χ1n) is 13.5. The molecule has 0 aromatic heterocycles. The summed E-state index contributed by atoms with van der Waals surface area (Å²) in [7, 11) is 0. The first-order valence-corrected chi connectivity index (χ1v) is 13.5. The second-order valence-corrected chi connectivity index (χ2v) is 13.9. The Kier molecular flexibility index (Phi) is 5.12. The maximum atomic E-state index is 13.2. The zero-order valence-electron chi connectivity index (χ0n) is 21.4. The molecule has 0 radical (unpaired) electrons. The summed E-state index contributed by atoms with van der Waals surface area (Å²) in [5, 5.41) is 6.85. The van der Waals surface area contributed by atoms with E-state index in [1.54, 1.807) is 0 Å². The lowest BCUT2D eigenvalue weighted by Gasteiger charge is -2.40. The third kappa shape index (κ3) is 2.99. The second kappa shape index (κ2) is 7.22. The van der Waals surface area contributed by atoms with Gasteiger partial charge in [0.15, 0.2) is 0 Å². The molecule has 5 aliphatic rings. The zero-order valence-corrected chi connectivity index (χ0v) is 21.4. The van der Waals surface area contributed by atoms with Gasteiger partial charge in [-0.3, -0.25) is 9.59 Å². The fraction of sp³-hybridized carbons (Fsp3) is 0.929. The van der Waals surface area contributed by atoms with Crippen LogP contribution in [0.4, 0.5) is 0 Å². The smallest absolute Gasteiger partial charge is 0.223 e. The molecule has 0 heterocycles. The number of amides is 2. The molecular weight excluding hydrogens is 396 g/mol. The summed E-state index contributed by atoms with van der Waals surface area (Å²) in [6, 6.07) is 0.556. The summed E-state index contributed by atoms with van der Waals surface area (Å²) in [5.41, 5.74) is 0.860. The van der Waals surface area contributed by atoms with Crippen molar-refractivity contribution in [2.24, 2.45) is 45.3 Å². The second-order valence-electron chi connectivity index (χ2n) is 13.9. The van der Waals surface area contributed by atoms with Crippen molar-refractivity contribution < 1.29 is 9.59 Å². The minimum atomic E-state index is 0.150. The third-order valence-electron chi connectivity index (χ3n) is 12.6. The number of nitrogens with one attached hydrogen (secondary N) is 2. The average molecular weight is 443 g/mol. The van der Waals surface area contributed by atoms with Crippen LogP contribution in [0.1, 0.15) is 106 Å². The van der Waals surface area contributed by atoms with Gasteiger partial charge in [-0.15, -0.1) is 0 Å². The predicted octanol–water partition coefficient (Wildman–Crippen LogP) is 5.45. The van der Waals surface area contributed by atoms with Gasteiger partial charge in [0, 0.05) is 23.9 Å². The van der Waals surface area contributed by atoms with Crippen molar-refractivity contribution in [2.45, 2.75) is 118 Å². The average Bonchev–Trinajstić information content (AvgIpc) is 3.26. The van der Waals surface area contributed by atoms with E-state index in [1.807, 2.05) is 0 Å². The van der Waals surface area contributed by atoms with E-state index in [-0.39, 0.29) is 45.6 Å². The van der Waals surface area contributed by atoms with Crippen molar-refractivity contribution in [1.29, 1.82) is 0 Å². The summed E-state index contributed by atoms with van der Waals surface area (Å²) in [6.45, 7) is 14.2. The Morgan fingerprint density at radius 2 is 0.938 bits per heavy atom. The molecule has 6 atom stereocenters. The van der Waals surface area contributed by atoms with Gasteiger partial charge in [0.2, 0.25) is 11.8 Å². The third-order valence-corrected chi connectivity index (χ3v) is 12.6. The van der Waals surface area contributed by atoms with Crippen LogP contribution in [0.25, 0.3) is 0 Å². The van der Waals surface area contributed by atoms with Gasteiger partial charge in [0.25, 0.3) is 0 Å². The van der Waals surface area contributed by atoms with Crippen molar-refractivity contribution in [2.75, 3.05) is 0 Å². The van der Waals surface area contributed by atoms with Gasteiger partial charge in [0.1, 0.15) is 0 Å². The van der Waals surface area contributed by atoms with Gasteiger partial charge in [-0.1, -0.05) is 41.5 Å². The van der Waals surface area contributed by atoms with Crippen LogP contribution in [0, 0.1) is 45.3 Å². The van der Waals surface area contributed by atoms with Crippen molar-refractivity contribution in [3.8, 4) is 0 Å². The summed E-state index contributed by atoms with van der Waals surface area (Å²) in [6.07, 6.45) is 11.1. The molecule has 2 amide bonds. The largest absolute Gasteiger partial charge is 0.353 e. The number of carbonyl (C=O) groups excluding carboxylic acids is 2. The molecule has 0 spiro atoms. The standard InChI is InChI=1S/C28H46N2O2/c1-25(2)17-11-13-27(25,5)21(15-17)23(31)29-19-7-9-20(10-8-19)30-24(32)22-16-18-12-14-28(22,6)26(18,3)4/h17-22H,7-16H2,1-6H3,(H,29,31)(H,30,32). The molecule has 2 N–H and O–H groups in total. The lowest BCUT2D eigenvalue weighted by Crippen LogP contribution is -2.49. The molecule has 0 aromatic rings. The molecule has 32 heavy (non-hydrogen) atoms. The van der Waals surface area contributed by atoms with Crippen LogP contribution in [0.3, 0.4) is 0 Å². The molecule has 5 fully saturated rings. The quantitative estimate of drug-likeness (QED) is 0.608. The van der Waals surface area contributed by atoms with Crippen molar-refractivity contribution >= 4 is 11.8 Å². The number of hydrogen-bond acceptors (Lipinski definition) is 2. The van der Waals surface area contributed by atoms with E-state index in [0.717, 1.165) is 38.5 Å². The minimum Gasteiger partial charge on any atom is -0.353 e. The number of rotatable bonds is 4. The number of fused-ring (bicyclic) bond motifs is 4. The Morgan fingerprint density at radius 3 is 1.19 bits per heavy atom. The van der Waals surface area contributed by atoms with E-state index < -0.39 is 0 Å². The first kappa shape index (κ1) is 22.7. The maximum Gasteiger partial charge on any atom is 0.223 e. The van der Waals surface area contributed by atoms with Crippen molar-refractivity contribution in [1.82, 2.24) is 10.6 Å². The summed E-state index contributed by atoms with van der Waals surface area (Å²) < 4.78 is 0. The van der Waals surface area contributed by atoms with Crippen LogP contribution in [-0.2, 0) is 9.59 Å². The minimum absolute atomic E-state index is 0.150. The molecule has 0 aromatic carbocycles. The Morgan fingerprint density at radius 1 is 0.594 bits per heavy atom. The van der Waals surface area contributed by atoms with Crippen LogP contribution < -0.4 is 10.6 Å². The highest BCUT2D eigenvalue weighted by atomic mass is 16.2. The highest BCUT2D eigenvalue weighted by Crippen LogP contribution is 2.69. The molecule has 5 aliphatic carbocycles. The predicted molar refractivity (Wildman–Crippen MR) is 128 cm³/mol. The van der Waals surface area contributed by atoms with Crippen LogP contribution in [0.5, 0.6) is 0 Å². The molecule has 0 aliphatic heterocycles. The lowest BCUT2D eigenvalue weighted by atomic mass is 9.66. The molecule has 4 bridgehead atoms. The maximum absolute atomic E-state index is 13.2. The van der Waals surface area contributed by atoms with E-state index in [0.29, 0.717) is 23.7 Å². The molecule has 5 rings (SSSR count). The summed E-state index contributed by atoms with van der Waals surface area (Å²) in [4.78, 5) is 26.4. The van der Waals surface area contributed by atoms with E-state index >= 15 is 0 Å². The van der Waals surface area contributed by atoms with E-state index in [1.165, 1.54) is 25.7 Å². The van der Waals surface area contributed by atoms with Crippen molar-refractivity contribution in [3.05, 3.63) is 0 Å².